The number of non-ortho nitro benzene ring substituents is 1. The number of nitrogens with zero attached hydrogens (tertiary/aromatic N) is 3. The molecule has 0 aromatic heterocycles. The van der Waals surface area contributed by atoms with Gasteiger partial charge in [0.25, 0.3) is 11.6 Å². The molecular weight excluding hydrogens is 400 g/mol. The zero-order valence-corrected chi connectivity index (χ0v) is 17.7. The van der Waals surface area contributed by atoms with E-state index < -0.39 is 10.8 Å². The van der Waals surface area contributed by atoms with Gasteiger partial charge >= 0.3 is 0 Å². The minimum Gasteiger partial charge on any atom is -0.482 e. The minimum absolute atomic E-state index is 0.173. The molecule has 9 nitrogen and oxygen atoms in total. The van der Waals surface area contributed by atoms with E-state index in [1.807, 2.05) is 24.3 Å². The average Bonchev–Trinajstić information content (AvgIpc) is 2.78. The molecule has 2 amide bonds. The molecule has 31 heavy (non-hydrogen) atoms. The lowest BCUT2D eigenvalue weighted by molar-refractivity contribution is -0.384. The molecule has 0 unspecified atom stereocenters. The molecule has 1 heterocycles. The summed E-state index contributed by atoms with van der Waals surface area (Å²) in [5.41, 5.74) is 2.19. The van der Waals surface area contributed by atoms with Gasteiger partial charge in [-0.05, 0) is 30.3 Å². The second-order valence-electron chi connectivity index (χ2n) is 7.18. The highest BCUT2D eigenvalue weighted by atomic mass is 16.6. The molecule has 3 rings (SSSR count). The Morgan fingerprint density at radius 1 is 1.19 bits per heavy atom. The number of nitro groups is 1. The zero-order valence-electron chi connectivity index (χ0n) is 17.7. The molecule has 1 N–H and O–H groups in total. The van der Waals surface area contributed by atoms with Crippen LogP contribution in [0.3, 0.4) is 0 Å². The third kappa shape index (κ3) is 5.37. The van der Waals surface area contributed by atoms with Crippen LogP contribution in [0.15, 0.2) is 42.5 Å². The van der Waals surface area contributed by atoms with Crippen molar-refractivity contribution in [3.8, 4) is 5.75 Å². The van der Waals surface area contributed by atoms with Gasteiger partial charge in [0.15, 0.2) is 6.61 Å². The summed E-state index contributed by atoms with van der Waals surface area (Å²) < 4.78 is 5.34. The fraction of sp³-hybridized carbons (Fsp3) is 0.364. The molecule has 0 atom stereocenters. The summed E-state index contributed by atoms with van der Waals surface area (Å²) in [7, 11) is 0. The van der Waals surface area contributed by atoms with Crippen molar-refractivity contribution in [3.05, 3.63) is 63.7 Å². The molecule has 0 saturated carbocycles. The average molecular weight is 426 g/mol. The largest absolute Gasteiger partial charge is 0.482 e. The molecule has 2 aromatic rings. The van der Waals surface area contributed by atoms with Crippen molar-refractivity contribution < 1.29 is 19.2 Å². The predicted octanol–water partition coefficient (Wildman–Crippen LogP) is 2.48. The maximum absolute atomic E-state index is 12.6. The van der Waals surface area contributed by atoms with E-state index in [2.05, 4.69) is 24.1 Å². The lowest BCUT2D eigenvalue weighted by Crippen LogP contribution is -2.45. The van der Waals surface area contributed by atoms with Gasteiger partial charge in [0.2, 0.25) is 5.91 Å². The molecule has 164 valence electrons. The van der Waals surface area contributed by atoms with E-state index in [4.69, 9.17) is 4.74 Å². The molecule has 0 bridgehead atoms. The first-order valence-corrected chi connectivity index (χ1v) is 10.2. The van der Waals surface area contributed by atoms with E-state index in [9.17, 15) is 19.7 Å². The summed E-state index contributed by atoms with van der Waals surface area (Å²) in [6.45, 7) is 6.74. The summed E-state index contributed by atoms with van der Waals surface area (Å²) in [5, 5.41) is 13.9. The van der Waals surface area contributed by atoms with E-state index in [0.29, 0.717) is 12.3 Å². The highest BCUT2D eigenvalue weighted by Crippen LogP contribution is 2.35. The summed E-state index contributed by atoms with van der Waals surface area (Å²) >= 11 is 0. The van der Waals surface area contributed by atoms with E-state index in [1.165, 1.54) is 23.1 Å². The summed E-state index contributed by atoms with van der Waals surface area (Å²) in [6, 6.07) is 11.9. The van der Waals surface area contributed by atoms with Crippen molar-refractivity contribution >= 4 is 23.2 Å². The normalized spacial score (nSPS) is 13.0. The number of hydrogen-bond acceptors (Lipinski definition) is 6. The van der Waals surface area contributed by atoms with Gasteiger partial charge in [-0.2, -0.15) is 0 Å². The van der Waals surface area contributed by atoms with Crippen LogP contribution in [-0.4, -0.2) is 47.9 Å². The Hall–Kier alpha value is -3.46. The van der Waals surface area contributed by atoms with Gasteiger partial charge in [-0.1, -0.05) is 38.1 Å². The molecule has 0 spiro atoms. The van der Waals surface area contributed by atoms with Gasteiger partial charge in [0.05, 0.1) is 10.6 Å². The van der Waals surface area contributed by atoms with Crippen LogP contribution in [0.2, 0.25) is 0 Å². The van der Waals surface area contributed by atoms with Gasteiger partial charge in [0.1, 0.15) is 12.3 Å². The van der Waals surface area contributed by atoms with Gasteiger partial charge in [-0.3, -0.25) is 29.5 Å². The molecule has 0 radical (unpaired) electrons. The van der Waals surface area contributed by atoms with Crippen molar-refractivity contribution in [2.75, 3.05) is 31.1 Å². The SMILES string of the molecule is CCN(CC)Cc1ccccc1CNC(=O)CN1C(=O)COc2ccc([N+](=O)[O-])cc21. The Balaban J connectivity index is 1.69. The molecule has 1 aliphatic heterocycles. The number of carbonyl (C=O) groups is 2. The van der Waals surface area contributed by atoms with Gasteiger partial charge < -0.3 is 10.1 Å². The van der Waals surface area contributed by atoms with Crippen molar-refractivity contribution in [2.45, 2.75) is 26.9 Å². The lowest BCUT2D eigenvalue weighted by atomic mass is 10.1. The molecule has 0 saturated heterocycles. The first-order chi connectivity index (χ1) is 14.9. The highest BCUT2D eigenvalue weighted by molar-refractivity contribution is 6.02. The van der Waals surface area contributed by atoms with E-state index in [1.54, 1.807) is 0 Å². The Bertz CT molecular complexity index is 974. The van der Waals surface area contributed by atoms with E-state index in [0.717, 1.165) is 30.8 Å². The first kappa shape index (κ1) is 22.2. The highest BCUT2D eigenvalue weighted by Gasteiger charge is 2.29. The van der Waals surface area contributed by atoms with Crippen molar-refractivity contribution in [1.82, 2.24) is 10.2 Å². The monoisotopic (exact) mass is 426 g/mol. The van der Waals surface area contributed by atoms with Gasteiger partial charge in [-0.25, -0.2) is 0 Å². The number of benzene rings is 2. The minimum atomic E-state index is -0.551. The zero-order chi connectivity index (χ0) is 22.4. The van der Waals surface area contributed by atoms with Crippen molar-refractivity contribution in [2.24, 2.45) is 0 Å². The van der Waals surface area contributed by atoms with Crippen LogP contribution in [0.5, 0.6) is 5.75 Å². The maximum atomic E-state index is 12.6. The molecular formula is C22H26N4O5. The van der Waals surface area contributed by atoms with Crippen LogP contribution in [-0.2, 0) is 22.7 Å². The number of carbonyl (C=O) groups excluding carboxylic acids is 2. The van der Waals surface area contributed by atoms with Crippen LogP contribution in [0.4, 0.5) is 11.4 Å². The fourth-order valence-electron chi connectivity index (χ4n) is 3.44. The first-order valence-electron chi connectivity index (χ1n) is 10.2. The predicted molar refractivity (Wildman–Crippen MR) is 116 cm³/mol. The summed E-state index contributed by atoms with van der Waals surface area (Å²) in [4.78, 5) is 39.0. The van der Waals surface area contributed by atoms with E-state index >= 15 is 0 Å². The molecule has 0 fully saturated rings. The van der Waals surface area contributed by atoms with Crippen LogP contribution in [0.25, 0.3) is 0 Å². The van der Waals surface area contributed by atoms with Crippen LogP contribution in [0.1, 0.15) is 25.0 Å². The third-order valence-corrected chi connectivity index (χ3v) is 5.28. The Morgan fingerprint density at radius 3 is 2.58 bits per heavy atom. The van der Waals surface area contributed by atoms with Crippen LogP contribution < -0.4 is 15.0 Å². The number of rotatable bonds is 9. The molecule has 1 aliphatic rings. The fourth-order valence-corrected chi connectivity index (χ4v) is 3.44. The second kappa shape index (κ2) is 10.0. The number of amides is 2. The Morgan fingerprint density at radius 2 is 1.90 bits per heavy atom. The lowest BCUT2D eigenvalue weighted by Gasteiger charge is -2.28. The number of ether oxygens (including phenoxy) is 1. The molecule has 0 aliphatic carbocycles. The number of fused-ring (bicyclic) bond motifs is 1. The topological polar surface area (TPSA) is 105 Å². The smallest absolute Gasteiger partial charge is 0.271 e. The molecule has 2 aromatic carbocycles. The number of hydrogen-bond donors (Lipinski definition) is 1. The number of anilines is 1. The summed E-state index contributed by atoms with van der Waals surface area (Å²) in [5.74, 6) is -0.446. The number of nitrogens with one attached hydrogen (secondary N) is 1. The second-order valence-corrected chi connectivity index (χ2v) is 7.18. The third-order valence-electron chi connectivity index (χ3n) is 5.28. The Labute approximate surface area is 180 Å². The Kier molecular flexibility index (Phi) is 7.19. The van der Waals surface area contributed by atoms with Crippen molar-refractivity contribution in [1.29, 1.82) is 0 Å². The van der Waals surface area contributed by atoms with Crippen LogP contribution >= 0.6 is 0 Å². The standard InChI is InChI=1S/C22H26N4O5/c1-3-24(4-2)13-17-8-6-5-7-16(17)12-23-21(27)14-25-19-11-18(26(29)30)9-10-20(19)31-15-22(25)28/h5-11H,3-4,12-15H2,1-2H3,(H,23,27). The van der Waals surface area contributed by atoms with Crippen LogP contribution in [0, 0.1) is 10.1 Å². The van der Waals surface area contributed by atoms with Gasteiger partial charge in [-0.15, -0.1) is 0 Å². The van der Waals surface area contributed by atoms with E-state index in [-0.39, 0.29) is 30.4 Å². The summed E-state index contributed by atoms with van der Waals surface area (Å²) in [6.07, 6.45) is 0. The van der Waals surface area contributed by atoms with Gasteiger partial charge in [0, 0.05) is 25.2 Å². The quantitative estimate of drug-likeness (QED) is 0.488. The van der Waals surface area contributed by atoms with Crippen molar-refractivity contribution in [3.63, 3.8) is 0 Å². The number of nitro benzene ring substituents is 1. The maximum Gasteiger partial charge on any atom is 0.271 e. The molecule has 9 heteroatoms.